The van der Waals surface area contributed by atoms with E-state index in [0.717, 1.165) is 24.4 Å². The number of ether oxygens (including phenoxy) is 1. The molecule has 0 bridgehead atoms. The maximum absolute atomic E-state index is 6.23. The lowest BCUT2D eigenvalue weighted by molar-refractivity contribution is -0.0394. The fraction of sp³-hybridized carbons (Fsp3) is 1.00. The molecule has 0 aromatic heterocycles. The minimum absolute atomic E-state index is 0.541. The molecule has 1 aliphatic carbocycles. The molecule has 0 radical (unpaired) electrons. The zero-order valence-electron chi connectivity index (χ0n) is 13.8. The third-order valence-electron chi connectivity index (χ3n) is 4.79. The molecule has 1 aliphatic rings. The van der Waals surface area contributed by atoms with Gasteiger partial charge in [0.05, 0.1) is 6.10 Å². The third kappa shape index (κ3) is 6.79. The summed E-state index contributed by atoms with van der Waals surface area (Å²) < 4.78 is 6.23. The highest BCUT2D eigenvalue weighted by molar-refractivity contribution is 4.81. The van der Waals surface area contributed by atoms with E-state index in [-0.39, 0.29) is 0 Å². The summed E-state index contributed by atoms with van der Waals surface area (Å²) in [6.07, 6.45) is 12.8. The molecule has 0 aliphatic heterocycles. The Labute approximate surface area is 121 Å². The van der Waals surface area contributed by atoms with Crippen LogP contribution in [0.2, 0.25) is 0 Å². The summed E-state index contributed by atoms with van der Waals surface area (Å²) in [6.45, 7) is 10.4. The molecule has 0 heterocycles. The van der Waals surface area contributed by atoms with E-state index in [1.54, 1.807) is 0 Å². The minimum atomic E-state index is 0.541. The molecule has 1 rings (SSSR count). The molecular weight excluding hydrogens is 232 g/mol. The highest BCUT2D eigenvalue weighted by Gasteiger charge is 2.31. The minimum Gasteiger partial charge on any atom is -0.378 e. The van der Waals surface area contributed by atoms with Crippen LogP contribution in [0.15, 0.2) is 0 Å². The third-order valence-corrected chi connectivity index (χ3v) is 4.79. The van der Waals surface area contributed by atoms with Gasteiger partial charge >= 0.3 is 0 Å². The number of unbranched alkanes of at least 4 members (excludes halogenated alkanes) is 5. The standard InChI is InChI=1S/C18H36O/c1-5-6-7-8-9-10-13-19-18-14-16(4)11-12-17(18)15(2)3/h15-18H,5-14H2,1-4H3/t16-,17+,18+/m1/s1. The lowest BCUT2D eigenvalue weighted by Gasteiger charge is -2.37. The van der Waals surface area contributed by atoms with Crippen molar-refractivity contribution in [2.24, 2.45) is 17.8 Å². The first kappa shape index (κ1) is 17.0. The number of rotatable bonds is 9. The van der Waals surface area contributed by atoms with Gasteiger partial charge in [0.25, 0.3) is 0 Å². The summed E-state index contributed by atoms with van der Waals surface area (Å²) in [5.74, 6) is 2.45. The molecule has 0 spiro atoms. The first-order chi connectivity index (χ1) is 9.15. The van der Waals surface area contributed by atoms with E-state index in [2.05, 4.69) is 27.7 Å². The van der Waals surface area contributed by atoms with Crippen LogP contribution in [0.4, 0.5) is 0 Å². The quantitative estimate of drug-likeness (QED) is 0.478. The maximum atomic E-state index is 6.23. The van der Waals surface area contributed by atoms with Crippen molar-refractivity contribution in [1.82, 2.24) is 0 Å². The van der Waals surface area contributed by atoms with Crippen LogP contribution in [0.5, 0.6) is 0 Å². The molecule has 0 aromatic carbocycles. The van der Waals surface area contributed by atoms with Crippen molar-refractivity contribution in [2.45, 2.75) is 91.6 Å². The molecule has 0 aromatic rings. The molecule has 0 amide bonds. The van der Waals surface area contributed by atoms with Crippen molar-refractivity contribution in [3.63, 3.8) is 0 Å². The van der Waals surface area contributed by atoms with Crippen LogP contribution in [0.3, 0.4) is 0 Å². The second-order valence-corrected chi connectivity index (χ2v) is 7.00. The van der Waals surface area contributed by atoms with Crippen LogP contribution in [-0.4, -0.2) is 12.7 Å². The molecule has 0 N–H and O–H groups in total. The Balaban J connectivity index is 2.14. The van der Waals surface area contributed by atoms with Crippen LogP contribution >= 0.6 is 0 Å². The predicted molar refractivity (Wildman–Crippen MR) is 84.5 cm³/mol. The van der Waals surface area contributed by atoms with Gasteiger partial charge in [0.2, 0.25) is 0 Å². The molecule has 0 saturated heterocycles. The van der Waals surface area contributed by atoms with E-state index in [0.29, 0.717) is 6.10 Å². The SMILES string of the molecule is CCCCCCCCO[C@H]1C[C@H](C)CC[C@H]1C(C)C. The van der Waals surface area contributed by atoms with Gasteiger partial charge in [-0.2, -0.15) is 0 Å². The van der Waals surface area contributed by atoms with Gasteiger partial charge < -0.3 is 4.74 Å². The molecule has 1 nitrogen and oxygen atoms in total. The molecule has 1 fully saturated rings. The first-order valence-electron chi connectivity index (χ1n) is 8.76. The second kappa shape index (κ2) is 9.80. The predicted octanol–water partition coefficient (Wildman–Crippen LogP) is 5.82. The molecule has 19 heavy (non-hydrogen) atoms. The van der Waals surface area contributed by atoms with Gasteiger partial charge in [-0.25, -0.2) is 0 Å². The van der Waals surface area contributed by atoms with Crippen molar-refractivity contribution in [1.29, 1.82) is 0 Å². The largest absolute Gasteiger partial charge is 0.378 e. The van der Waals surface area contributed by atoms with Gasteiger partial charge in [0, 0.05) is 6.61 Å². The lowest BCUT2D eigenvalue weighted by atomic mass is 9.75. The molecular formula is C18H36O. The topological polar surface area (TPSA) is 9.23 Å². The average molecular weight is 268 g/mol. The molecule has 114 valence electrons. The Morgan fingerprint density at radius 3 is 2.37 bits per heavy atom. The van der Waals surface area contributed by atoms with Crippen molar-refractivity contribution in [2.75, 3.05) is 6.61 Å². The Hall–Kier alpha value is -0.0400. The van der Waals surface area contributed by atoms with Gasteiger partial charge in [-0.15, -0.1) is 0 Å². The van der Waals surface area contributed by atoms with E-state index in [1.165, 1.54) is 57.8 Å². The molecule has 0 unspecified atom stereocenters. The summed E-state index contributed by atoms with van der Waals surface area (Å²) in [5, 5.41) is 0. The Morgan fingerprint density at radius 1 is 1.00 bits per heavy atom. The van der Waals surface area contributed by atoms with Crippen molar-refractivity contribution in [3.8, 4) is 0 Å². The first-order valence-corrected chi connectivity index (χ1v) is 8.76. The van der Waals surface area contributed by atoms with Gasteiger partial charge in [-0.3, -0.25) is 0 Å². The fourth-order valence-electron chi connectivity index (χ4n) is 3.42. The molecule has 1 saturated carbocycles. The summed E-state index contributed by atoms with van der Waals surface area (Å²) in [6, 6.07) is 0. The van der Waals surface area contributed by atoms with Crippen LogP contribution in [-0.2, 0) is 4.74 Å². The molecule has 3 atom stereocenters. The highest BCUT2D eigenvalue weighted by Crippen LogP contribution is 2.35. The zero-order valence-corrected chi connectivity index (χ0v) is 13.8. The van der Waals surface area contributed by atoms with Crippen molar-refractivity contribution >= 4 is 0 Å². The summed E-state index contributed by atoms with van der Waals surface area (Å²) in [7, 11) is 0. The van der Waals surface area contributed by atoms with E-state index >= 15 is 0 Å². The van der Waals surface area contributed by atoms with Crippen LogP contribution < -0.4 is 0 Å². The number of hydrogen-bond donors (Lipinski definition) is 0. The van der Waals surface area contributed by atoms with E-state index in [4.69, 9.17) is 4.74 Å². The molecule has 1 heteroatoms. The summed E-state index contributed by atoms with van der Waals surface area (Å²) >= 11 is 0. The number of hydrogen-bond acceptors (Lipinski definition) is 1. The fourth-order valence-corrected chi connectivity index (χ4v) is 3.42. The monoisotopic (exact) mass is 268 g/mol. The van der Waals surface area contributed by atoms with E-state index in [1.807, 2.05) is 0 Å². The normalized spacial score (nSPS) is 27.9. The van der Waals surface area contributed by atoms with Gasteiger partial charge in [-0.1, -0.05) is 66.2 Å². The smallest absolute Gasteiger partial charge is 0.0608 e. The Kier molecular flexibility index (Phi) is 8.77. The van der Waals surface area contributed by atoms with Crippen LogP contribution in [0.25, 0.3) is 0 Å². The zero-order chi connectivity index (χ0) is 14.1. The van der Waals surface area contributed by atoms with E-state index in [9.17, 15) is 0 Å². The maximum Gasteiger partial charge on any atom is 0.0608 e. The van der Waals surface area contributed by atoms with Crippen LogP contribution in [0.1, 0.15) is 85.5 Å². The highest BCUT2D eigenvalue weighted by atomic mass is 16.5. The van der Waals surface area contributed by atoms with Crippen molar-refractivity contribution in [3.05, 3.63) is 0 Å². The van der Waals surface area contributed by atoms with E-state index < -0.39 is 0 Å². The Morgan fingerprint density at radius 2 is 1.68 bits per heavy atom. The Bertz CT molecular complexity index is 212. The van der Waals surface area contributed by atoms with Crippen molar-refractivity contribution < 1.29 is 4.74 Å². The van der Waals surface area contributed by atoms with Crippen LogP contribution in [0, 0.1) is 17.8 Å². The van der Waals surface area contributed by atoms with Gasteiger partial charge in [0.15, 0.2) is 0 Å². The summed E-state index contributed by atoms with van der Waals surface area (Å²) in [5.41, 5.74) is 0. The second-order valence-electron chi connectivity index (χ2n) is 7.00. The lowest BCUT2D eigenvalue weighted by Crippen LogP contribution is -2.34. The summed E-state index contributed by atoms with van der Waals surface area (Å²) in [4.78, 5) is 0. The average Bonchev–Trinajstić information content (AvgIpc) is 2.37. The van der Waals surface area contributed by atoms with Gasteiger partial charge in [-0.05, 0) is 37.0 Å². The van der Waals surface area contributed by atoms with Gasteiger partial charge in [0.1, 0.15) is 0 Å².